The van der Waals surface area contributed by atoms with E-state index in [1.165, 1.54) is 88.4 Å². The van der Waals surface area contributed by atoms with Crippen molar-refractivity contribution in [2.45, 2.75) is 167 Å². The van der Waals surface area contributed by atoms with Crippen LogP contribution in [-0.4, -0.2) is 61.2 Å². The molecule has 0 rings (SSSR count). The van der Waals surface area contributed by atoms with Crippen molar-refractivity contribution in [2.75, 3.05) is 33.5 Å². The summed E-state index contributed by atoms with van der Waals surface area (Å²) in [4.78, 5) is 13.3. The first-order valence-electron chi connectivity index (χ1n) is 16.1. The second-order valence-corrected chi connectivity index (χ2v) is 11.7. The molecule has 1 amide bonds. The molecular weight excluding hydrogens is 478 g/mol. The Morgan fingerprint density at radius 2 is 1.24 bits per heavy atom. The first-order valence-corrected chi connectivity index (χ1v) is 16.1. The number of carboxylic acid groups (broad SMARTS) is 1. The van der Waals surface area contributed by atoms with E-state index < -0.39 is 11.7 Å². The summed E-state index contributed by atoms with van der Waals surface area (Å²) in [5, 5.41) is 20.7. The molecule has 228 valence electrons. The maximum atomic E-state index is 11.9. The Balaban J connectivity index is 3.95. The van der Waals surface area contributed by atoms with Crippen LogP contribution in [0.15, 0.2) is 0 Å². The van der Waals surface area contributed by atoms with E-state index in [4.69, 9.17) is 14.6 Å². The van der Waals surface area contributed by atoms with Gasteiger partial charge in [0.2, 0.25) is 0 Å². The van der Waals surface area contributed by atoms with E-state index in [9.17, 15) is 9.90 Å². The maximum absolute atomic E-state index is 11.9. The number of aliphatic hydroxyl groups excluding tert-OH is 1. The van der Waals surface area contributed by atoms with E-state index in [-0.39, 0.29) is 19.2 Å². The maximum Gasteiger partial charge on any atom is 0.137 e. The van der Waals surface area contributed by atoms with Crippen molar-refractivity contribution in [1.29, 1.82) is 0 Å². The SMILES string of the molecule is CCCCCCCCCCCCCCCCCC(C)N(CC(C)(COCCCCCCCO)OC)C(=O)[O-]. The minimum absolute atomic E-state index is 0.0945. The summed E-state index contributed by atoms with van der Waals surface area (Å²) in [6, 6.07) is -0.0945. The Morgan fingerprint density at radius 1 is 0.789 bits per heavy atom. The van der Waals surface area contributed by atoms with Crippen molar-refractivity contribution in [3.8, 4) is 0 Å². The van der Waals surface area contributed by atoms with Gasteiger partial charge in [0, 0.05) is 26.4 Å². The van der Waals surface area contributed by atoms with Gasteiger partial charge in [0.25, 0.3) is 0 Å². The van der Waals surface area contributed by atoms with Gasteiger partial charge in [0.15, 0.2) is 0 Å². The monoisotopic (exact) mass is 542 g/mol. The summed E-state index contributed by atoms with van der Waals surface area (Å²) in [6.45, 7) is 7.66. The van der Waals surface area contributed by atoms with Gasteiger partial charge in [-0.05, 0) is 33.1 Å². The highest BCUT2D eigenvalue weighted by Gasteiger charge is 2.29. The molecule has 0 heterocycles. The zero-order valence-corrected chi connectivity index (χ0v) is 25.8. The van der Waals surface area contributed by atoms with E-state index >= 15 is 0 Å². The fourth-order valence-corrected chi connectivity index (χ4v) is 5.03. The Labute approximate surface area is 236 Å². The highest BCUT2D eigenvalue weighted by Crippen LogP contribution is 2.19. The lowest BCUT2D eigenvalue weighted by Crippen LogP contribution is -2.54. The number of nitrogens with zero attached hydrogens (tertiary/aromatic N) is 1. The quantitative estimate of drug-likeness (QED) is 0.0982. The van der Waals surface area contributed by atoms with Gasteiger partial charge >= 0.3 is 0 Å². The average molecular weight is 543 g/mol. The standard InChI is InChI=1S/C32H65NO5/c1-5-6-7-8-9-10-11-12-13-14-15-16-17-19-22-25-30(2)33(31(35)36)28-32(3,37-4)29-38-27-24-21-18-20-23-26-34/h30,34H,5-29H2,1-4H3,(H,35,36)/p-1. The molecule has 0 saturated heterocycles. The lowest BCUT2D eigenvalue weighted by atomic mass is 10.0. The lowest BCUT2D eigenvalue weighted by Gasteiger charge is -2.39. The molecule has 0 aliphatic heterocycles. The lowest BCUT2D eigenvalue weighted by molar-refractivity contribution is -0.271. The molecule has 0 spiro atoms. The Morgan fingerprint density at radius 3 is 1.68 bits per heavy atom. The normalized spacial score (nSPS) is 13.9. The van der Waals surface area contributed by atoms with Crippen molar-refractivity contribution in [3.05, 3.63) is 0 Å². The van der Waals surface area contributed by atoms with Crippen molar-refractivity contribution in [1.82, 2.24) is 4.90 Å². The number of aliphatic hydroxyl groups is 1. The Hall–Kier alpha value is -0.850. The van der Waals surface area contributed by atoms with Crippen LogP contribution in [0.2, 0.25) is 0 Å². The summed E-state index contributed by atoms with van der Waals surface area (Å²) in [5.74, 6) is 0. The third-order valence-electron chi connectivity index (χ3n) is 7.84. The molecule has 0 aliphatic rings. The minimum atomic E-state index is -1.13. The third kappa shape index (κ3) is 22.0. The second kappa shape index (κ2) is 26.4. The minimum Gasteiger partial charge on any atom is -0.530 e. The molecule has 6 nitrogen and oxygen atoms in total. The second-order valence-electron chi connectivity index (χ2n) is 11.7. The highest BCUT2D eigenvalue weighted by atomic mass is 16.5. The largest absolute Gasteiger partial charge is 0.530 e. The van der Waals surface area contributed by atoms with Crippen molar-refractivity contribution >= 4 is 6.09 Å². The number of carbonyl (C=O) groups excluding carboxylic acids is 1. The summed E-state index contributed by atoms with van der Waals surface area (Å²) < 4.78 is 11.5. The number of amides is 1. The number of carbonyl (C=O) groups is 1. The molecule has 0 saturated carbocycles. The molecule has 1 N–H and O–H groups in total. The zero-order valence-electron chi connectivity index (χ0n) is 25.8. The van der Waals surface area contributed by atoms with Gasteiger partial charge in [-0.2, -0.15) is 0 Å². The zero-order chi connectivity index (χ0) is 28.3. The molecule has 0 aliphatic carbocycles. The van der Waals surface area contributed by atoms with Gasteiger partial charge in [-0.15, -0.1) is 0 Å². The van der Waals surface area contributed by atoms with E-state index in [1.807, 2.05) is 13.8 Å². The van der Waals surface area contributed by atoms with Crippen molar-refractivity contribution in [2.24, 2.45) is 0 Å². The number of methoxy groups -OCH3 is 1. The molecule has 0 radical (unpaired) electrons. The summed E-state index contributed by atoms with van der Waals surface area (Å²) in [5.41, 5.74) is -0.694. The fraction of sp³-hybridized carbons (Fsp3) is 0.969. The van der Waals surface area contributed by atoms with Crippen LogP contribution >= 0.6 is 0 Å². The molecule has 6 heteroatoms. The first-order chi connectivity index (χ1) is 18.4. The Kier molecular flexibility index (Phi) is 25.8. The van der Waals surface area contributed by atoms with E-state index in [0.29, 0.717) is 13.2 Å². The Bertz CT molecular complexity index is 518. The fourth-order valence-electron chi connectivity index (χ4n) is 5.03. The molecule has 0 aromatic carbocycles. The van der Waals surface area contributed by atoms with Crippen LogP contribution in [0.25, 0.3) is 0 Å². The van der Waals surface area contributed by atoms with Crippen LogP contribution < -0.4 is 5.11 Å². The third-order valence-corrected chi connectivity index (χ3v) is 7.84. The molecule has 0 aromatic rings. The highest BCUT2D eigenvalue weighted by molar-refractivity contribution is 5.63. The van der Waals surface area contributed by atoms with Gasteiger partial charge in [0.05, 0.1) is 13.2 Å². The molecule has 0 aromatic heterocycles. The predicted molar refractivity (Wildman–Crippen MR) is 158 cm³/mol. The van der Waals surface area contributed by atoms with Crippen molar-refractivity contribution < 1.29 is 24.5 Å². The van der Waals surface area contributed by atoms with Crippen LogP contribution in [0.4, 0.5) is 4.79 Å². The molecule has 0 bridgehead atoms. The summed E-state index contributed by atoms with van der Waals surface area (Å²) >= 11 is 0. The van der Waals surface area contributed by atoms with Gasteiger partial charge in [0.1, 0.15) is 11.7 Å². The van der Waals surface area contributed by atoms with Crippen LogP contribution in [0.3, 0.4) is 0 Å². The van der Waals surface area contributed by atoms with Gasteiger partial charge in [-0.1, -0.05) is 122 Å². The van der Waals surface area contributed by atoms with Gasteiger partial charge in [-0.25, -0.2) is 0 Å². The predicted octanol–water partition coefficient (Wildman–Crippen LogP) is 7.65. The molecular formula is C32H64NO5-. The van der Waals surface area contributed by atoms with E-state index in [0.717, 1.165) is 51.4 Å². The average Bonchev–Trinajstić information content (AvgIpc) is 2.90. The van der Waals surface area contributed by atoms with E-state index in [1.54, 1.807) is 7.11 Å². The molecule has 2 unspecified atom stereocenters. The number of unbranched alkanes of at least 4 members (excludes halogenated alkanes) is 18. The van der Waals surface area contributed by atoms with Crippen LogP contribution in [0, 0.1) is 0 Å². The number of hydrogen-bond acceptors (Lipinski definition) is 5. The summed E-state index contributed by atoms with van der Waals surface area (Å²) in [6.07, 6.45) is 24.7. The summed E-state index contributed by atoms with van der Waals surface area (Å²) in [7, 11) is 1.62. The number of rotatable bonds is 29. The molecule has 2 atom stereocenters. The number of hydrogen-bond donors (Lipinski definition) is 1. The molecule has 38 heavy (non-hydrogen) atoms. The van der Waals surface area contributed by atoms with Crippen molar-refractivity contribution in [3.63, 3.8) is 0 Å². The smallest absolute Gasteiger partial charge is 0.137 e. The van der Waals surface area contributed by atoms with Gasteiger partial charge in [-0.3, -0.25) is 0 Å². The van der Waals surface area contributed by atoms with E-state index in [2.05, 4.69) is 6.92 Å². The van der Waals surface area contributed by atoms with Gasteiger partial charge < -0.3 is 29.4 Å². The first kappa shape index (κ1) is 37.1. The van der Waals surface area contributed by atoms with Crippen LogP contribution in [0.1, 0.15) is 156 Å². The molecule has 0 fully saturated rings. The van der Waals surface area contributed by atoms with Crippen LogP contribution in [-0.2, 0) is 9.47 Å². The number of ether oxygens (including phenoxy) is 2. The topological polar surface area (TPSA) is 82.1 Å². The van der Waals surface area contributed by atoms with Crippen LogP contribution in [0.5, 0.6) is 0 Å².